The molecule has 0 aromatic carbocycles. The molecule has 3 nitrogen and oxygen atoms in total. The highest BCUT2D eigenvalue weighted by Crippen LogP contribution is 2.48. The van der Waals surface area contributed by atoms with Crippen molar-refractivity contribution < 1.29 is 0 Å². The van der Waals surface area contributed by atoms with E-state index in [4.69, 9.17) is 11.6 Å². The first-order chi connectivity index (χ1) is 8.74. The third kappa shape index (κ3) is 1.91. The molecule has 1 aliphatic carbocycles. The van der Waals surface area contributed by atoms with Crippen molar-refractivity contribution in [3.8, 4) is 0 Å². The molecule has 0 N–H and O–H groups in total. The Morgan fingerprint density at radius 3 is 3.06 bits per heavy atom. The molecule has 4 heteroatoms. The van der Waals surface area contributed by atoms with E-state index in [1.54, 1.807) is 0 Å². The molecule has 1 saturated carbocycles. The topological polar surface area (TPSA) is 30.7 Å². The normalized spacial score (nSPS) is 22.6. The molecular formula is C14H18ClN3. The first-order valence-corrected chi connectivity index (χ1v) is 7.17. The lowest BCUT2D eigenvalue weighted by molar-refractivity contribution is 0.603. The summed E-state index contributed by atoms with van der Waals surface area (Å²) in [5.74, 6) is 2.22. The summed E-state index contributed by atoms with van der Waals surface area (Å²) >= 11 is 6.03. The van der Waals surface area contributed by atoms with Crippen LogP contribution >= 0.6 is 11.6 Å². The van der Waals surface area contributed by atoms with Gasteiger partial charge < -0.3 is 4.57 Å². The van der Waals surface area contributed by atoms with E-state index in [9.17, 15) is 0 Å². The van der Waals surface area contributed by atoms with Gasteiger partial charge >= 0.3 is 0 Å². The fraction of sp³-hybridized carbons (Fsp3) is 0.571. The average molecular weight is 264 g/mol. The molecule has 2 unspecified atom stereocenters. The van der Waals surface area contributed by atoms with E-state index in [1.165, 1.54) is 19.3 Å². The molecule has 0 radical (unpaired) electrons. The predicted octanol–water partition coefficient (Wildman–Crippen LogP) is 3.84. The van der Waals surface area contributed by atoms with E-state index in [-0.39, 0.29) is 0 Å². The number of nitrogens with zero attached hydrogens (tertiary/aromatic N) is 3. The summed E-state index contributed by atoms with van der Waals surface area (Å²) in [7, 11) is 0. The summed E-state index contributed by atoms with van der Waals surface area (Å²) in [5, 5.41) is 0. The van der Waals surface area contributed by atoms with Crippen LogP contribution in [0.25, 0.3) is 11.2 Å². The molecular weight excluding hydrogens is 246 g/mol. The summed E-state index contributed by atoms with van der Waals surface area (Å²) < 4.78 is 2.27. The maximum atomic E-state index is 6.03. The van der Waals surface area contributed by atoms with E-state index < -0.39 is 0 Å². The largest absolute Gasteiger partial charge is 0.308 e. The van der Waals surface area contributed by atoms with Crippen LogP contribution in [0.2, 0.25) is 0 Å². The zero-order valence-electron chi connectivity index (χ0n) is 10.9. The van der Waals surface area contributed by atoms with Gasteiger partial charge in [0.05, 0.1) is 5.88 Å². The van der Waals surface area contributed by atoms with Crippen LogP contribution in [-0.4, -0.2) is 14.5 Å². The minimum absolute atomic E-state index is 0.463. The van der Waals surface area contributed by atoms with Crippen molar-refractivity contribution in [1.29, 1.82) is 0 Å². The molecule has 3 rings (SSSR count). The number of hydrogen-bond donors (Lipinski definition) is 0. The Hall–Kier alpha value is -1.09. The predicted molar refractivity (Wildman–Crippen MR) is 73.9 cm³/mol. The lowest BCUT2D eigenvalue weighted by atomic mass is 10.2. The molecule has 2 atom stereocenters. The fourth-order valence-electron chi connectivity index (χ4n) is 2.80. The quantitative estimate of drug-likeness (QED) is 0.785. The Balaban J connectivity index is 2.04. The molecule has 2 heterocycles. The van der Waals surface area contributed by atoms with Crippen LogP contribution in [0.3, 0.4) is 0 Å². The Bertz CT molecular complexity index is 576. The van der Waals surface area contributed by atoms with Gasteiger partial charge in [-0.15, -0.1) is 11.6 Å². The van der Waals surface area contributed by atoms with Crippen molar-refractivity contribution in [2.45, 2.75) is 45.0 Å². The second-order valence-electron chi connectivity index (χ2n) is 5.24. The second kappa shape index (κ2) is 4.54. The van der Waals surface area contributed by atoms with Crippen molar-refractivity contribution in [2.24, 2.45) is 5.92 Å². The van der Waals surface area contributed by atoms with Crippen molar-refractivity contribution in [1.82, 2.24) is 14.5 Å². The summed E-state index contributed by atoms with van der Waals surface area (Å²) in [5.41, 5.74) is 3.13. The third-order valence-electron chi connectivity index (χ3n) is 3.74. The minimum Gasteiger partial charge on any atom is -0.308 e. The van der Waals surface area contributed by atoms with Gasteiger partial charge in [-0.25, -0.2) is 9.97 Å². The summed E-state index contributed by atoms with van der Waals surface area (Å²) in [6, 6.07) is 2.66. The van der Waals surface area contributed by atoms with Crippen LogP contribution in [0.15, 0.2) is 12.3 Å². The van der Waals surface area contributed by atoms with Crippen LogP contribution in [0.5, 0.6) is 0 Å². The first kappa shape index (κ1) is 12.0. The molecule has 18 heavy (non-hydrogen) atoms. The Kier molecular flexibility index (Phi) is 3.02. The number of alkyl halides is 1. The van der Waals surface area contributed by atoms with Crippen molar-refractivity contribution in [3.63, 3.8) is 0 Å². The van der Waals surface area contributed by atoms with Crippen LogP contribution in [0, 0.1) is 12.8 Å². The number of aryl methyl sites for hydroxylation is 1. The van der Waals surface area contributed by atoms with Gasteiger partial charge in [0.15, 0.2) is 5.65 Å². The lowest BCUT2D eigenvalue weighted by Gasteiger charge is -2.06. The molecule has 2 aromatic heterocycles. The molecule has 0 amide bonds. The minimum atomic E-state index is 0.463. The zero-order chi connectivity index (χ0) is 12.7. The molecule has 1 fully saturated rings. The van der Waals surface area contributed by atoms with Gasteiger partial charge in [0.2, 0.25) is 0 Å². The Morgan fingerprint density at radius 1 is 1.50 bits per heavy atom. The number of aromatic nitrogens is 3. The van der Waals surface area contributed by atoms with Crippen molar-refractivity contribution in [2.75, 3.05) is 0 Å². The number of rotatable bonds is 4. The smallest absolute Gasteiger partial charge is 0.160 e. The zero-order valence-corrected chi connectivity index (χ0v) is 11.6. The monoisotopic (exact) mass is 263 g/mol. The number of fused-ring (bicyclic) bond motifs is 1. The first-order valence-electron chi connectivity index (χ1n) is 6.64. The molecule has 0 spiro atoms. The van der Waals surface area contributed by atoms with Crippen LogP contribution in [0.4, 0.5) is 0 Å². The van der Waals surface area contributed by atoms with Crippen LogP contribution in [0.1, 0.15) is 43.6 Å². The fourth-order valence-corrected chi connectivity index (χ4v) is 2.99. The van der Waals surface area contributed by atoms with E-state index in [2.05, 4.69) is 27.5 Å². The van der Waals surface area contributed by atoms with E-state index >= 15 is 0 Å². The number of hydrogen-bond acceptors (Lipinski definition) is 2. The molecule has 96 valence electrons. The van der Waals surface area contributed by atoms with Gasteiger partial charge in [-0.1, -0.05) is 13.3 Å². The third-order valence-corrected chi connectivity index (χ3v) is 3.97. The van der Waals surface area contributed by atoms with E-state index in [0.29, 0.717) is 11.9 Å². The molecule has 1 aliphatic rings. The number of imidazole rings is 1. The van der Waals surface area contributed by atoms with Crippen LogP contribution in [-0.2, 0) is 5.88 Å². The average Bonchev–Trinajstić information content (AvgIpc) is 3.01. The van der Waals surface area contributed by atoms with Gasteiger partial charge in [0, 0.05) is 12.2 Å². The second-order valence-corrected chi connectivity index (χ2v) is 5.51. The highest BCUT2D eigenvalue weighted by atomic mass is 35.5. The maximum absolute atomic E-state index is 6.03. The number of pyridine rings is 1. The summed E-state index contributed by atoms with van der Waals surface area (Å²) in [6.45, 7) is 4.29. The number of halogens is 1. The summed E-state index contributed by atoms with van der Waals surface area (Å²) in [6.07, 6.45) is 5.70. The van der Waals surface area contributed by atoms with Crippen molar-refractivity contribution in [3.05, 3.63) is 23.7 Å². The lowest BCUT2D eigenvalue weighted by Crippen LogP contribution is -2.02. The van der Waals surface area contributed by atoms with E-state index in [1.807, 2.05) is 13.1 Å². The van der Waals surface area contributed by atoms with Gasteiger partial charge in [0.25, 0.3) is 0 Å². The van der Waals surface area contributed by atoms with Crippen molar-refractivity contribution >= 4 is 22.8 Å². The van der Waals surface area contributed by atoms with Gasteiger partial charge in [-0.05, 0) is 37.3 Å². The van der Waals surface area contributed by atoms with Crippen LogP contribution < -0.4 is 0 Å². The molecule has 2 aromatic rings. The van der Waals surface area contributed by atoms with Gasteiger partial charge in [0.1, 0.15) is 11.3 Å². The SMILES string of the molecule is CCCC1CC1n1c(CCl)nc2cc(C)cnc21. The Labute approximate surface area is 112 Å². The standard InChI is InChI=1S/C14H18ClN3/c1-3-4-10-6-12(10)18-13(7-15)17-11-5-9(2)8-16-14(11)18/h5,8,10,12H,3-4,6-7H2,1-2H3. The highest BCUT2D eigenvalue weighted by molar-refractivity contribution is 6.16. The maximum Gasteiger partial charge on any atom is 0.160 e. The van der Waals surface area contributed by atoms with Gasteiger partial charge in [-0.3, -0.25) is 0 Å². The Morgan fingerprint density at radius 2 is 2.33 bits per heavy atom. The van der Waals surface area contributed by atoms with Gasteiger partial charge in [-0.2, -0.15) is 0 Å². The van der Waals surface area contributed by atoms with E-state index in [0.717, 1.165) is 28.5 Å². The highest BCUT2D eigenvalue weighted by Gasteiger charge is 2.39. The summed E-state index contributed by atoms with van der Waals surface area (Å²) in [4.78, 5) is 9.16. The molecule has 0 saturated heterocycles. The molecule has 0 aliphatic heterocycles. The molecule has 0 bridgehead atoms.